The van der Waals surface area contributed by atoms with Crippen LogP contribution in [0.4, 0.5) is 10.1 Å². The Morgan fingerprint density at radius 3 is 2.84 bits per heavy atom. The van der Waals surface area contributed by atoms with Gasteiger partial charge in [0.2, 0.25) is 0 Å². The average molecular weight is 338 g/mol. The molecule has 1 saturated carbocycles. The lowest BCUT2D eigenvalue weighted by Crippen LogP contribution is -2.38. The second-order valence-electron chi connectivity index (χ2n) is 7.14. The summed E-state index contributed by atoms with van der Waals surface area (Å²) < 4.78 is 13.5. The van der Waals surface area contributed by atoms with E-state index < -0.39 is 0 Å². The third kappa shape index (κ3) is 3.26. The van der Waals surface area contributed by atoms with Crippen LogP contribution in [0.2, 0.25) is 0 Å². The molecule has 3 nitrogen and oxygen atoms in total. The van der Waals surface area contributed by atoms with Gasteiger partial charge in [-0.15, -0.1) is 0 Å². The zero-order valence-electron chi connectivity index (χ0n) is 14.5. The van der Waals surface area contributed by atoms with Gasteiger partial charge < -0.3 is 10.2 Å². The van der Waals surface area contributed by atoms with E-state index in [2.05, 4.69) is 41.4 Å². The first-order valence-corrected chi connectivity index (χ1v) is 9.05. The molecule has 0 bridgehead atoms. The van der Waals surface area contributed by atoms with Crippen LogP contribution in [-0.2, 0) is 6.42 Å². The number of fused-ring (bicyclic) bond motifs is 1. The van der Waals surface area contributed by atoms with Crippen molar-refractivity contribution in [1.82, 2.24) is 5.32 Å². The van der Waals surface area contributed by atoms with Crippen molar-refractivity contribution in [3.8, 4) is 0 Å². The predicted molar refractivity (Wildman–Crippen MR) is 97.7 cm³/mol. The van der Waals surface area contributed by atoms with Gasteiger partial charge in [0.15, 0.2) is 0 Å². The van der Waals surface area contributed by atoms with Crippen LogP contribution in [0.3, 0.4) is 0 Å². The molecule has 4 rings (SSSR count). The van der Waals surface area contributed by atoms with E-state index in [1.807, 2.05) is 0 Å². The molecular formula is C21H23FN2O. The van der Waals surface area contributed by atoms with Crippen molar-refractivity contribution >= 4 is 11.6 Å². The number of nitrogens with one attached hydrogen (secondary N) is 1. The van der Waals surface area contributed by atoms with E-state index >= 15 is 0 Å². The number of nitrogens with zero attached hydrogens (tertiary/aromatic N) is 1. The Morgan fingerprint density at radius 1 is 1.24 bits per heavy atom. The summed E-state index contributed by atoms with van der Waals surface area (Å²) in [7, 11) is 0. The summed E-state index contributed by atoms with van der Waals surface area (Å²) >= 11 is 0. The monoisotopic (exact) mass is 338 g/mol. The van der Waals surface area contributed by atoms with Gasteiger partial charge >= 0.3 is 0 Å². The Labute approximate surface area is 147 Å². The fourth-order valence-corrected chi connectivity index (χ4v) is 3.83. The van der Waals surface area contributed by atoms with Gasteiger partial charge in [-0.1, -0.05) is 18.2 Å². The van der Waals surface area contributed by atoms with Crippen LogP contribution in [0.25, 0.3) is 0 Å². The molecule has 1 unspecified atom stereocenters. The Kier molecular flexibility index (Phi) is 4.20. The lowest BCUT2D eigenvalue weighted by molar-refractivity contribution is 0.0953. The largest absolute Gasteiger partial charge is 0.367 e. The number of benzene rings is 2. The van der Waals surface area contributed by atoms with Crippen LogP contribution >= 0.6 is 0 Å². The summed E-state index contributed by atoms with van der Waals surface area (Å²) in [5, 5.41) is 3.02. The van der Waals surface area contributed by atoms with Crippen LogP contribution in [0.15, 0.2) is 42.5 Å². The molecule has 130 valence electrons. The van der Waals surface area contributed by atoms with Gasteiger partial charge in [0, 0.05) is 30.4 Å². The van der Waals surface area contributed by atoms with E-state index in [1.54, 1.807) is 6.07 Å². The van der Waals surface area contributed by atoms with Gasteiger partial charge in [0.25, 0.3) is 5.91 Å². The molecule has 1 amide bonds. The minimum atomic E-state index is -0.263. The second kappa shape index (κ2) is 6.51. The fourth-order valence-electron chi connectivity index (χ4n) is 3.83. The lowest BCUT2D eigenvalue weighted by atomic mass is 10.0. The first-order chi connectivity index (χ1) is 12.1. The molecule has 0 radical (unpaired) electrons. The Hall–Kier alpha value is -2.36. The van der Waals surface area contributed by atoms with Gasteiger partial charge in [-0.25, -0.2) is 4.39 Å². The van der Waals surface area contributed by atoms with Crippen molar-refractivity contribution in [3.05, 3.63) is 65.0 Å². The average Bonchev–Trinajstić information content (AvgIpc) is 3.39. The van der Waals surface area contributed by atoms with E-state index in [1.165, 1.54) is 23.4 Å². The number of rotatable bonds is 5. The van der Waals surface area contributed by atoms with Crippen LogP contribution in [0, 0.1) is 5.82 Å². The SMILES string of the molecule is CC1Cc2ccccc2N1CCNC(=O)c1ccc(F)cc1C1CC1. The van der Waals surface area contributed by atoms with Crippen molar-refractivity contribution in [2.45, 2.75) is 38.1 Å². The zero-order valence-corrected chi connectivity index (χ0v) is 14.5. The predicted octanol–water partition coefficient (Wildman–Crippen LogP) is 3.88. The van der Waals surface area contributed by atoms with E-state index in [-0.39, 0.29) is 11.7 Å². The smallest absolute Gasteiger partial charge is 0.251 e. The van der Waals surface area contributed by atoms with E-state index in [4.69, 9.17) is 0 Å². The normalized spacial score (nSPS) is 19.0. The van der Waals surface area contributed by atoms with Crippen LogP contribution in [0.1, 0.15) is 47.2 Å². The molecule has 2 aromatic rings. The number of hydrogen-bond acceptors (Lipinski definition) is 2. The molecule has 0 spiro atoms. The van der Waals surface area contributed by atoms with Gasteiger partial charge in [-0.2, -0.15) is 0 Å². The van der Waals surface area contributed by atoms with Gasteiger partial charge in [0.05, 0.1) is 0 Å². The standard InChI is InChI=1S/C21H23FN2O/c1-14-12-16-4-2-3-5-20(16)24(14)11-10-23-21(25)18-9-8-17(22)13-19(18)15-6-7-15/h2-5,8-9,13-15H,6-7,10-12H2,1H3,(H,23,25). The van der Waals surface area contributed by atoms with Crippen molar-refractivity contribution < 1.29 is 9.18 Å². The topological polar surface area (TPSA) is 32.3 Å². The number of amides is 1. The number of hydrogen-bond donors (Lipinski definition) is 1. The molecule has 1 fully saturated rings. The lowest BCUT2D eigenvalue weighted by Gasteiger charge is -2.25. The van der Waals surface area contributed by atoms with E-state index in [9.17, 15) is 9.18 Å². The molecule has 1 heterocycles. The molecule has 25 heavy (non-hydrogen) atoms. The van der Waals surface area contributed by atoms with E-state index in [0.717, 1.165) is 31.4 Å². The molecule has 0 aromatic heterocycles. The highest BCUT2D eigenvalue weighted by atomic mass is 19.1. The van der Waals surface area contributed by atoms with E-state index in [0.29, 0.717) is 24.1 Å². The summed E-state index contributed by atoms with van der Waals surface area (Å²) in [5.74, 6) is -0.00934. The quantitative estimate of drug-likeness (QED) is 0.897. The Morgan fingerprint density at radius 2 is 2.04 bits per heavy atom. The molecule has 1 atom stereocenters. The third-order valence-electron chi connectivity index (χ3n) is 5.26. The van der Waals surface area contributed by atoms with Crippen LogP contribution < -0.4 is 10.2 Å². The van der Waals surface area contributed by atoms with Crippen LogP contribution in [0.5, 0.6) is 0 Å². The zero-order chi connectivity index (χ0) is 17.4. The van der Waals surface area contributed by atoms with Crippen molar-refractivity contribution in [2.24, 2.45) is 0 Å². The minimum Gasteiger partial charge on any atom is -0.367 e. The summed E-state index contributed by atoms with van der Waals surface area (Å²) in [5.41, 5.74) is 4.12. The number of carbonyl (C=O) groups is 1. The molecule has 0 saturated heterocycles. The van der Waals surface area contributed by atoms with Crippen molar-refractivity contribution in [3.63, 3.8) is 0 Å². The van der Waals surface area contributed by atoms with Crippen LogP contribution in [-0.4, -0.2) is 25.0 Å². The third-order valence-corrected chi connectivity index (χ3v) is 5.26. The maximum atomic E-state index is 13.5. The highest BCUT2D eigenvalue weighted by molar-refractivity contribution is 5.96. The first kappa shape index (κ1) is 16.1. The first-order valence-electron chi connectivity index (χ1n) is 9.05. The Balaban J connectivity index is 1.40. The number of para-hydroxylation sites is 1. The minimum absolute atomic E-state index is 0.0953. The number of anilines is 1. The highest BCUT2D eigenvalue weighted by Gasteiger charge is 2.29. The second-order valence-corrected chi connectivity index (χ2v) is 7.14. The van der Waals surface area contributed by atoms with Crippen molar-refractivity contribution in [2.75, 3.05) is 18.0 Å². The molecule has 1 N–H and O–H groups in total. The maximum Gasteiger partial charge on any atom is 0.251 e. The summed E-state index contributed by atoms with van der Waals surface area (Å²) in [6, 6.07) is 13.4. The van der Waals surface area contributed by atoms with Crippen molar-refractivity contribution in [1.29, 1.82) is 0 Å². The molecule has 2 aliphatic rings. The van der Waals surface area contributed by atoms with Gasteiger partial charge in [-0.05, 0) is 67.5 Å². The molecule has 1 aliphatic heterocycles. The summed E-state index contributed by atoms with van der Waals surface area (Å²) in [4.78, 5) is 14.9. The molecule has 2 aromatic carbocycles. The molecular weight excluding hydrogens is 315 g/mol. The highest BCUT2D eigenvalue weighted by Crippen LogP contribution is 2.41. The maximum absolute atomic E-state index is 13.5. The van der Waals surface area contributed by atoms with Gasteiger partial charge in [0.1, 0.15) is 5.82 Å². The molecule has 1 aliphatic carbocycles. The number of carbonyl (C=O) groups excluding carboxylic acids is 1. The summed E-state index contributed by atoms with van der Waals surface area (Å²) in [6.07, 6.45) is 3.14. The fraction of sp³-hybridized carbons (Fsp3) is 0.381. The van der Waals surface area contributed by atoms with Gasteiger partial charge in [-0.3, -0.25) is 4.79 Å². The number of halogens is 1. The molecule has 4 heteroatoms. The Bertz CT molecular complexity index is 800. The summed E-state index contributed by atoms with van der Waals surface area (Å²) in [6.45, 7) is 3.58.